The van der Waals surface area contributed by atoms with E-state index in [0.717, 1.165) is 29.8 Å². The Morgan fingerprint density at radius 3 is 2.80 bits per heavy atom. The second-order valence-electron chi connectivity index (χ2n) is 4.36. The molecule has 1 aromatic rings. The van der Waals surface area contributed by atoms with Gasteiger partial charge in [0.05, 0.1) is 11.8 Å². The monoisotopic (exact) mass is 206 g/mol. The first-order valence-corrected chi connectivity index (χ1v) is 5.57. The van der Waals surface area contributed by atoms with Gasteiger partial charge in [-0.25, -0.2) is 0 Å². The molecule has 15 heavy (non-hydrogen) atoms. The van der Waals surface area contributed by atoms with Crippen LogP contribution in [-0.2, 0) is 6.54 Å². The normalized spacial score (nSPS) is 15.7. The Morgan fingerprint density at radius 2 is 2.27 bits per heavy atom. The van der Waals surface area contributed by atoms with Gasteiger partial charge in [0.1, 0.15) is 5.75 Å². The summed E-state index contributed by atoms with van der Waals surface area (Å²) in [5.41, 5.74) is 7.81. The molecule has 3 nitrogen and oxygen atoms in total. The predicted octanol–water partition coefficient (Wildman–Crippen LogP) is 2.20. The van der Waals surface area contributed by atoms with Gasteiger partial charge in [-0.2, -0.15) is 0 Å². The highest BCUT2D eigenvalue weighted by Gasteiger charge is 2.26. The molecule has 0 spiro atoms. The number of pyridine rings is 1. The summed E-state index contributed by atoms with van der Waals surface area (Å²) in [5, 5.41) is 0. The van der Waals surface area contributed by atoms with E-state index < -0.39 is 0 Å². The van der Waals surface area contributed by atoms with E-state index in [9.17, 15) is 0 Å². The Hall–Kier alpha value is -1.09. The number of nitrogens with zero attached hydrogens (tertiary/aromatic N) is 1. The summed E-state index contributed by atoms with van der Waals surface area (Å²) in [6.45, 7) is 4.77. The van der Waals surface area contributed by atoms with Gasteiger partial charge >= 0.3 is 0 Å². The molecule has 0 bridgehead atoms. The molecule has 2 N–H and O–H groups in total. The van der Waals surface area contributed by atoms with Gasteiger partial charge in [-0.1, -0.05) is 13.8 Å². The van der Waals surface area contributed by atoms with Gasteiger partial charge in [0.25, 0.3) is 0 Å². The SMILES string of the molecule is CC(C)c1nccc(CN)c1OC1CC1. The number of aromatic nitrogens is 1. The number of ether oxygens (including phenoxy) is 1. The van der Waals surface area contributed by atoms with E-state index in [2.05, 4.69) is 18.8 Å². The Kier molecular flexibility index (Phi) is 2.91. The van der Waals surface area contributed by atoms with E-state index in [1.807, 2.05) is 12.3 Å². The van der Waals surface area contributed by atoms with Crippen LogP contribution in [-0.4, -0.2) is 11.1 Å². The van der Waals surface area contributed by atoms with E-state index in [1.54, 1.807) is 0 Å². The fraction of sp³-hybridized carbons (Fsp3) is 0.583. The lowest BCUT2D eigenvalue weighted by Crippen LogP contribution is -2.08. The minimum Gasteiger partial charge on any atom is -0.488 e. The molecule has 0 radical (unpaired) electrons. The van der Waals surface area contributed by atoms with Gasteiger partial charge < -0.3 is 10.5 Å². The summed E-state index contributed by atoms with van der Waals surface area (Å²) in [6, 6.07) is 1.95. The van der Waals surface area contributed by atoms with Crippen LogP contribution in [0.25, 0.3) is 0 Å². The van der Waals surface area contributed by atoms with Crippen molar-refractivity contribution in [3.8, 4) is 5.75 Å². The minimum absolute atomic E-state index is 0.380. The first-order chi connectivity index (χ1) is 7.22. The maximum Gasteiger partial charge on any atom is 0.145 e. The van der Waals surface area contributed by atoms with Crippen molar-refractivity contribution in [2.75, 3.05) is 0 Å². The number of nitrogens with two attached hydrogens (primary N) is 1. The lowest BCUT2D eigenvalue weighted by molar-refractivity contribution is 0.293. The molecular weight excluding hydrogens is 188 g/mol. The van der Waals surface area contributed by atoms with E-state index in [1.165, 1.54) is 0 Å². The smallest absolute Gasteiger partial charge is 0.145 e. The lowest BCUT2D eigenvalue weighted by Gasteiger charge is -2.15. The maximum atomic E-state index is 5.90. The second kappa shape index (κ2) is 4.19. The molecule has 0 saturated heterocycles. The first-order valence-electron chi connectivity index (χ1n) is 5.57. The van der Waals surface area contributed by atoms with Gasteiger partial charge in [0, 0.05) is 18.3 Å². The van der Waals surface area contributed by atoms with E-state index in [4.69, 9.17) is 10.5 Å². The molecule has 3 heteroatoms. The Morgan fingerprint density at radius 1 is 1.53 bits per heavy atom. The summed E-state index contributed by atoms with van der Waals surface area (Å²) in [6.07, 6.45) is 4.54. The van der Waals surface area contributed by atoms with Crippen LogP contribution < -0.4 is 10.5 Å². The Bertz CT molecular complexity index is 345. The first kappa shape index (κ1) is 10.4. The zero-order chi connectivity index (χ0) is 10.8. The van der Waals surface area contributed by atoms with Crippen molar-refractivity contribution in [3.05, 3.63) is 23.5 Å². The van der Waals surface area contributed by atoms with Crippen LogP contribution in [0.5, 0.6) is 5.75 Å². The number of rotatable bonds is 4. The Balaban J connectivity index is 2.34. The third kappa shape index (κ3) is 2.29. The maximum absolute atomic E-state index is 5.90. The molecule has 82 valence electrons. The van der Waals surface area contributed by atoms with Gasteiger partial charge in [-0.15, -0.1) is 0 Å². The van der Waals surface area contributed by atoms with Gasteiger partial charge in [-0.3, -0.25) is 4.98 Å². The van der Waals surface area contributed by atoms with E-state index >= 15 is 0 Å². The topological polar surface area (TPSA) is 48.1 Å². The molecule has 0 amide bonds. The third-order valence-corrected chi connectivity index (χ3v) is 2.59. The van der Waals surface area contributed by atoms with Crippen molar-refractivity contribution >= 4 is 0 Å². The molecule has 0 aromatic carbocycles. The van der Waals surface area contributed by atoms with Crippen molar-refractivity contribution < 1.29 is 4.74 Å². The Labute approximate surface area is 90.7 Å². The van der Waals surface area contributed by atoms with Crippen LogP contribution in [0.2, 0.25) is 0 Å². The third-order valence-electron chi connectivity index (χ3n) is 2.59. The standard InChI is InChI=1S/C12H18N2O/c1-8(2)11-12(15-10-3-4-10)9(7-13)5-6-14-11/h5-6,8,10H,3-4,7,13H2,1-2H3. The van der Waals surface area contributed by atoms with Crippen LogP contribution in [0.1, 0.15) is 43.9 Å². The predicted molar refractivity (Wildman–Crippen MR) is 59.9 cm³/mol. The molecule has 0 atom stereocenters. The highest BCUT2D eigenvalue weighted by molar-refractivity contribution is 5.39. The highest BCUT2D eigenvalue weighted by Crippen LogP contribution is 2.33. The van der Waals surface area contributed by atoms with Gasteiger partial charge in [0.2, 0.25) is 0 Å². The van der Waals surface area contributed by atoms with Gasteiger partial charge in [-0.05, 0) is 24.8 Å². The fourth-order valence-corrected chi connectivity index (χ4v) is 1.57. The fourth-order valence-electron chi connectivity index (χ4n) is 1.57. The van der Waals surface area contributed by atoms with Crippen molar-refractivity contribution in [2.24, 2.45) is 5.73 Å². The van der Waals surface area contributed by atoms with Gasteiger partial charge in [0.15, 0.2) is 0 Å². The molecular formula is C12H18N2O. The number of hydrogen-bond acceptors (Lipinski definition) is 3. The van der Waals surface area contributed by atoms with E-state index in [-0.39, 0.29) is 0 Å². The summed E-state index contributed by atoms with van der Waals surface area (Å²) in [5.74, 6) is 1.31. The molecule has 0 unspecified atom stereocenters. The zero-order valence-electron chi connectivity index (χ0n) is 9.36. The van der Waals surface area contributed by atoms with Crippen LogP contribution in [0.15, 0.2) is 12.3 Å². The number of hydrogen-bond donors (Lipinski definition) is 1. The lowest BCUT2D eigenvalue weighted by atomic mass is 10.1. The molecule has 1 heterocycles. The summed E-state index contributed by atoms with van der Waals surface area (Å²) >= 11 is 0. The highest BCUT2D eigenvalue weighted by atomic mass is 16.5. The summed E-state index contributed by atoms with van der Waals surface area (Å²) < 4.78 is 5.90. The summed E-state index contributed by atoms with van der Waals surface area (Å²) in [7, 11) is 0. The van der Waals surface area contributed by atoms with Crippen LogP contribution in [0.4, 0.5) is 0 Å². The average molecular weight is 206 g/mol. The van der Waals surface area contributed by atoms with Crippen molar-refractivity contribution in [1.82, 2.24) is 4.98 Å². The molecule has 1 saturated carbocycles. The molecule has 1 aliphatic rings. The van der Waals surface area contributed by atoms with Crippen LogP contribution >= 0.6 is 0 Å². The molecule has 1 aliphatic carbocycles. The van der Waals surface area contributed by atoms with Crippen molar-refractivity contribution in [1.29, 1.82) is 0 Å². The average Bonchev–Trinajstić information content (AvgIpc) is 3.01. The van der Waals surface area contributed by atoms with Crippen LogP contribution in [0.3, 0.4) is 0 Å². The molecule has 2 rings (SSSR count). The molecule has 1 aromatic heterocycles. The van der Waals surface area contributed by atoms with Crippen LogP contribution in [0, 0.1) is 0 Å². The van der Waals surface area contributed by atoms with Crippen molar-refractivity contribution in [3.63, 3.8) is 0 Å². The summed E-state index contributed by atoms with van der Waals surface area (Å²) in [4.78, 5) is 4.39. The second-order valence-corrected chi connectivity index (χ2v) is 4.36. The molecule has 0 aliphatic heterocycles. The zero-order valence-corrected chi connectivity index (χ0v) is 9.36. The largest absolute Gasteiger partial charge is 0.488 e. The minimum atomic E-state index is 0.380. The van der Waals surface area contributed by atoms with E-state index in [0.29, 0.717) is 18.6 Å². The molecule has 1 fully saturated rings. The van der Waals surface area contributed by atoms with Crippen molar-refractivity contribution in [2.45, 2.75) is 45.3 Å². The quantitative estimate of drug-likeness (QED) is 0.821.